The Hall–Kier alpha value is -0.930. The van der Waals surface area contributed by atoms with E-state index >= 15 is 0 Å². The van der Waals surface area contributed by atoms with Crippen LogP contribution in [0, 0.1) is 0 Å². The van der Waals surface area contributed by atoms with Gasteiger partial charge in [-0.25, -0.2) is 0 Å². The molecule has 0 bridgehead atoms. The average Bonchev–Trinajstić information content (AvgIpc) is 2.30. The molecule has 1 rings (SSSR count). The average molecular weight is 258 g/mol. The molecule has 0 spiro atoms. The first-order valence-corrected chi connectivity index (χ1v) is 6.25. The lowest BCUT2D eigenvalue weighted by Crippen LogP contribution is -2.25. The molecule has 1 aromatic carbocycles. The highest BCUT2D eigenvalue weighted by Gasteiger charge is 2.10. The molecule has 2 N–H and O–H groups in total. The second-order valence-electron chi connectivity index (χ2n) is 4.19. The molecule has 0 saturated carbocycles. The number of hydrogen-bond donors (Lipinski definition) is 2. The van der Waals surface area contributed by atoms with Gasteiger partial charge in [0.05, 0.1) is 7.11 Å². The quantitative estimate of drug-likeness (QED) is 0.821. The van der Waals surface area contributed by atoms with E-state index in [0.717, 1.165) is 18.4 Å². The number of ether oxygens (including phenoxy) is 1. The normalized spacial score (nSPS) is 12.5. The molecule has 4 heteroatoms. The molecule has 0 saturated heterocycles. The van der Waals surface area contributed by atoms with Crippen molar-refractivity contribution in [3.63, 3.8) is 0 Å². The maximum Gasteiger partial charge on any atom is 0.162 e. The summed E-state index contributed by atoms with van der Waals surface area (Å²) < 4.78 is 5.06. The summed E-state index contributed by atoms with van der Waals surface area (Å²) in [4.78, 5) is 0. The number of benzene rings is 1. The Morgan fingerprint density at radius 2 is 2.18 bits per heavy atom. The number of halogens is 1. The molecule has 96 valence electrons. The molecule has 1 atom stereocenters. The molecule has 0 aliphatic carbocycles. The van der Waals surface area contributed by atoms with Gasteiger partial charge in [-0.15, -0.1) is 0 Å². The van der Waals surface area contributed by atoms with Gasteiger partial charge in [-0.05, 0) is 19.4 Å². The van der Waals surface area contributed by atoms with Crippen LogP contribution in [0.5, 0.6) is 11.5 Å². The van der Waals surface area contributed by atoms with Crippen LogP contribution in [0.15, 0.2) is 12.1 Å². The van der Waals surface area contributed by atoms with Crippen LogP contribution in [0.25, 0.3) is 0 Å². The highest BCUT2D eigenvalue weighted by molar-refractivity contribution is 6.30. The van der Waals surface area contributed by atoms with Crippen LogP contribution in [0.4, 0.5) is 0 Å². The molecule has 0 fully saturated rings. The zero-order chi connectivity index (χ0) is 12.8. The van der Waals surface area contributed by atoms with Gasteiger partial charge in [0.25, 0.3) is 0 Å². The smallest absolute Gasteiger partial charge is 0.162 e. The van der Waals surface area contributed by atoms with Gasteiger partial charge in [0.15, 0.2) is 11.5 Å². The van der Waals surface area contributed by atoms with Crippen molar-refractivity contribution in [3.05, 3.63) is 22.7 Å². The number of aromatic hydroxyl groups is 1. The van der Waals surface area contributed by atoms with Gasteiger partial charge in [0.1, 0.15) is 0 Å². The van der Waals surface area contributed by atoms with Crippen LogP contribution in [-0.2, 0) is 6.54 Å². The molecule has 1 unspecified atom stereocenters. The summed E-state index contributed by atoms with van der Waals surface area (Å²) in [6.07, 6.45) is 2.25. The standard InChI is InChI=1S/C13H20ClNO2/c1-4-5-9(2)15-8-10-6-11(14)7-12(17-3)13(10)16/h6-7,9,15-16H,4-5,8H2,1-3H3. The summed E-state index contributed by atoms with van der Waals surface area (Å²) >= 11 is 5.96. The summed E-state index contributed by atoms with van der Waals surface area (Å²) in [5.41, 5.74) is 0.761. The van der Waals surface area contributed by atoms with Crippen LogP contribution in [-0.4, -0.2) is 18.3 Å². The van der Waals surface area contributed by atoms with Crippen molar-refractivity contribution < 1.29 is 9.84 Å². The molecule has 0 aromatic heterocycles. The Morgan fingerprint density at radius 1 is 1.47 bits per heavy atom. The van der Waals surface area contributed by atoms with Crippen LogP contribution in [0.2, 0.25) is 5.02 Å². The summed E-state index contributed by atoms with van der Waals surface area (Å²) in [5.74, 6) is 0.575. The topological polar surface area (TPSA) is 41.5 Å². The third-order valence-electron chi connectivity index (χ3n) is 2.70. The predicted molar refractivity (Wildman–Crippen MR) is 70.9 cm³/mol. The fourth-order valence-corrected chi connectivity index (χ4v) is 1.97. The minimum absolute atomic E-state index is 0.160. The molecule has 17 heavy (non-hydrogen) atoms. The lowest BCUT2D eigenvalue weighted by atomic mass is 10.1. The van der Waals surface area contributed by atoms with Gasteiger partial charge >= 0.3 is 0 Å². The van der Waals surface area contributed by atoms with Gasteiger partial charge in [0, 0.05) is 29.2 Å². The summed E-state index contributed by atoms with van der Waals surface area (Å²) in [6.45, 7) is 4.87. The molecule has 0 radical (unpaired) electrons. The summed E-state index contributed by atoms with van der Waals surface area (Å²) in [5, 5.41) is 13.8. The van der Waals surface area contributed by atoms with Crippen LogP contribution in [0.3, 0.4) is 0 Å². The third-order valence-corrected chi connectivity index (χ3v) is 2.92. The second-order valence-corrected chi connectivity index (χ2v) is 4.62. The van der Waals surface area contributed by atoms with Crippen LogP contribution in [0.1, 0.15) is 32.3 Å². The Bertz CT molecular complexity index is 369. The number of nitrogens with one attached hydrogen (secondary N) is 1. The molecule has 3 nitrogen and oxygen atoms in total. The van der Waals surface area contributed by atoms with Gasteiger partial charge in [0.2, 0.25) is 0 Å². The molecule has 0 aliphatic heterocycles. The van der Waals surface area contributed by atoms with E-state index in [1.165, 1.54) is 7.11 Å². The number of phenolic OH excluding ortho intramolecular Hbond substituents is 1. The molecule has 0 aliphatic rings. The van der Waals surface area contributed by atoms with Crippen molar-refractivity contribution in [3.8, 4) is 11.5 Å². The molecule has 1 aromatic rings. The van der Waals surface area contributed by atoms with E-state index in [1.807, 2.05) is 0 Å². The van der Waals surface area contributed by atoms with Crippen LogP contribution < -0.4 is 10.1 Å². The lowest BCUT2D eigenvalue weighted by Gasteiger charge is -2.15. The minimum atomic E-state index is 0.160. The van der Waals surface area contributed by atoms with Crippen molar-refractivity contribution in [2.45, 2.75) is 39.3 Å². The van der Waals surface area contributed by atoms with Crippen molar-refractivity contribution in [2.75, 3.05) is 7.11 Å². The van der Waals surface area contributed by atoms with Gasteiger partial charge < -0.3 is 15.2 Å². The molecule has 0 heterocycles. The summed E-state index contributed by atoms with van der Waals surface area (Å²) in [7, 11) is 1.52. The highest BCUT2D eigenvalue weighted by Crippen LogP contribution is 2.33. The Morgan fingerprint density at radius 3 is 2.76 bits per heavy atom. The fraction of sp³-hybridized carbons (Fsp3) is 0.538. The van der Waals surface area contributed by atoms with Gasteiger partial charge in [-0.3, -0.25) is 0 Å². The number of methoxy groups -OCH3 is 1. The number of phenols is 1. The first kappa shape index (κ1) is 14.1. The summed E-state index contributed by atoms with van der Waals surface area (Å²) in [6, 6.07) is 3.78. The molecular weight excluding hydrogens is 238 g/mol. The SMILES string of the molecule is CCCC(C)NCc1cc(Cl)cc(OC)c1O. The van der Waals surface area contributed by atoms with E-state index in [-0.39, 0.29) is 5.75 Å². The van der Waals surface area contributed by atoms with E-state index in [2.05, 4.69) is 19.2 Å². The largest absolute Gasteiger partial charge is 0.504 e. The first-order chi connectivity index (χ1) is 8.08. The van der Waals surface area contributed by atoms with Gasteiger partial charge in [-0.2, -0.15) is 0 Å². The van der Waals surface area contributed by atoms with E-state index in [0.29, 0.717) is 23.4 Å². The van der Waals surface area contributed by atoms with Crippen molar-refractivity contribution in [1.29, 1.82) is 0 Å². The van der Waals surface area contributed by atoms with Crippen molar-refractivity contribution in [1.82, 2.24) is 5.32 Å². The Balaban J connectivity index is 2.73. The number of hydrogen-bond acceptors (Lipinski definition) is 3. The highest BCUT2D eigenvalue weighted by atomic mass is 35.5. The van der Waals surface area contributed by atoms with E-state index < -0.39 is 0 Å². The maximum absolute atomic E-state index is 9.93. The van der Waals surface area contributed by atoms with Crippen molar-refractivity contribution >= 4 is 11.6 Å². The van der Waals surface area contributed by atoms with Gasteiger partial charge in [-0.1, -0.05) is 24.9 Å². The predicted octanol–water partition coefficient (Wildman–Crippen LogP) is 3.33. The monoisotopic (exact) mass is 257 g/mol. The third kappa shape index (κ3) is 4.10. The zero-order valence-electron chi connectivity index (χ0n) is 10.6. The maximum atomic E-state index is 9.93. The van der Waals surface area contributed by atoms with E-state index in [4.69, 9.17) is 16.3 Å². The first-order valence-electron chi connectivity index (χ1n) is 5.87. The lowest BCUT2D eigenvalue weighted by molar-refractivity contribution is 0.368. The zero-order valence-corrected chi connectivity index (χ0v) is 11.3. The Kier molecular flexibility index (Phi) is 5.59. The fourth-order valence-electron chi connectivity index (χ4n) is 1.74. The number of rotatable bonds is 6. The van der Waals surface area contributed by atoms with E-state index in [1.54, 1.807) is 12.1 Å². The van der Waals surface area contributed by atoms with E-state index in [9.17, 15) is 5.11 Å². The Labute approximate surface area is 108 Å². The van der Waals surface area contributed by atoms with Crippen molar-refractivity contribution in [2.24, 2.45) is 0 Å². The molecular formula is C13H20ClNO2. The molecule has 0 amide bonds. The van der Waals surface area contributed by atoms with Crippen LogP contribution >= 0.6 is 11.6 Å². The minimum Gasteiger partial charge on any atom is -0.504 e. The second kappa shape index (κ2) is 6.72.